The van der Waals surface area contributed by atoms with Gasteiger partial charge in [0.1, 0.15) is 5.01 Å². The van der Waals surface area contributed by atoms with Crippen molar-refractivity contribution in [3.8, 4) is 0 Å². The summed E-state index contributed by atoms with van der Waals surface area (Å²) in [6.45, 7) is 7.70. The van der Waals surface area contributed by atoms with Crippen molar-refractivity contribution in [3.05, 3.63) is 16.1 Å². The molecule has 0 radical (unpaired) electrons. The largest absolute Gasteiger partial charge is 0.314 e. The van der Waals surface area contributed by atoms with Crippen LogP contribution in [0, 0.1) is 5.92 Å². The van der Waals surface area contributed by atoms with E-state index in [4.69, 9.17) is 0 Å². The van der Waals surface area contributed by atoms with Crippen molar-refractivity contribution in [2.24, 2.45) is 5.92 Å². The van der Waals surface area contributed by atoms with E-state index < -0.39 is 0 Å². The average molecular weight is 253 g/mol. The Labute approximate surface area is 108 Å². The van der Waals surface area contributed by atoms with Crippen LogP contribution in [-0.2, 0) is 13.1 Å². The molecule has 17 heavy (non-hydrogen) atoms. The third kappa shape index (κ3) is 4.05. The molecule has 0 aliphatic heterocycles. The average Bonchev–Trinajstić information content (AvgIpc) is 2.99. The van der Waals surface area contributed by atoms with E-state index in [-0.39, 0.29) is 0 Å². The Hall–Kier alpha value is -0.450. The first-order valence-corrected chi connectivity index (χ1v) is 7.39. The lowest BCUT2D eigenvalue weighted by Gasteiger charge is -2.25. The lowest BCUT2D eigenvalue weighted by Crippen LogP contribution is -2.32. The van der Waals surface area contributed by atoms with E-state index in [9.17, 15) is 0 Å². The quantitative estimate of drug-likeness (QED) is 0.809. The van der Waals surface area contributed by atoms with Gasteiger partial charge >= 0.3 is 0 Å². The molecule has 2 rings (SSSR count). The summed E-state index contributed by atoms with van der Waals surface area (Å²) in [4.78, 5) is 7.22. The molecular weight excluding hydrogens is 230 g/mol. The standard InChI is InChI=1S/C13H23N3S/c1-10(2)16(7-11-4-5-11)8-12-9-17-13(15-12)6-14-3/h9-11,14H,4-8H2,1-3H3. The van der Waals surface area contributed by atoms with Crippen LogP contribution in [0.1, 0.15) is 37.4 Å². The molecule has 3 nitrogen and oxygen atoms in total. The van der Waals surface area contributed by atoms with Gasteiger partial charge in [-0.1, -0.05) is 0 Å². The summed E-state index contributed by atoms with van der Waals surface area (Å²) in [6.07, 6.45) is 2.84. The highest BCUT2D eigenvalue weighted by Gasteiger charge is 2.25. The van der Waals surface area contributed by atoms with Crippen LogP contribution in [0.5, 0.6) is 0 Å². The molecule has 0 spiro atoms. The first-order valence-electron chi connectivity index (χ1n) is 6.51. The van der Waals surface area contributed by atoms with Crippen LogP contribution in [0.25, 0.3) is 0 Å². The highest BCUT2D eigenvalue weighted by molar-refractivity contribution is 7.09. The molecule has 1 fully saturated rings. The molecule has 0 unspecified atom stereocenters. The molecule has 4 heteroatoms. The van der Waals surface area contributed by atoms with Gasteiger partial charge in [-0.3, -0.25) is 4.90 Å². The zero-order chi connectivity index (χ0) is 12.3. The van der Waals surface area contributed by atoms with Crippen LogP contribution in [0.3, 0.4) is 0 Å². The minimum absolute atomic E-state index is 0.616. The summed E-state index contributed by atoms with van der Waals surface area (Å²) in [7, 11) is 1.97. The van der Waals surface area contributed by atoms with Gasteiger partial charge in [0.15, 0.2) is 0 Å². The molecular formula is C13H23N3S. The predicted octanol–water partition coefficient (Wildman–Crippen LogP) is 2.48. The molecule has 1 aromatic rings. The van der Waals surface area contributed by atoms with Crippen LogP contribution in [-0.4, -0.2) is 29.5 Å². The van der Waals surface area contributed by atoms with Gasteiger partial charge < -0.3 is 5.32 Å². The molecule has 0 amide bonds. The molecule has 1 N–H and O–H groups in total. The maximum Gasteiger partial charge on any atom is 0.107 e. The Balaban J connectivity index is 1.90. The summed E-state index contributed by atoms with van der Waals surface area (Å²) < 4.78 is 0. The predicted molar refractivity (Wildman–Crippen MR) is 73.1 cm³/mol. The molecule has 0 atom stereocenters. The van der Waals surface area contributed by atoms with Gasteiger partial charge in [-0.25, -0.2) is 4.98 Å². The van der Waals surface area contributed by atoms with E-state index in [0.29, 0.717) is 6.04 Å². The van der Waals surface area contributed by atoms with Crippen LogP contribution in [0.2, 0.25) is 0 Å². The summed E-state index contributed by atoms with van der Waals surface area (Å²) >= 11 is 1.76. The topological polar surface area (TPSA) is 28.2 Å². The number of aromatic nitrogens is 1. The third-order valence-electron chi connectivity index (χ3n) is 3.21. The van der Waals surface area contributed by atoms with Crippen molar-refractivity contribution in [2.75, 3.05) is 13.6 Å². The fraction of sp³-hybridized carbons (Fsp3) is 0.769. The van der Waals surface area contributed by atoms with E-state index in [0.717, 1.165) is 19.0 Å². The SMILES string of the molecule is CNCc1nc(CN(CC2CC2)C(C)C)cs1. The van der Waals surface area contributed by atoms with Crippen molar-refractivity contribution in [3.63, 3.8) is 0 Å². The molecule has 1 aromatic heterocycles. The lowest BCUT2D eigenvalue weighted by atomic mass is 10.2. The van der Waals surface area contributed by atoms with E-state index in [1.54, 1.807) is 11.3 Å². The third-order valence-corrected chi connectivity index (χ3v) is 4.11. The first-order chi connectivity index (χ1) is 8.19. The van der Waals surface area contributed by atoms with Crippen LogP contribution >= 0.6 is 11.3 Å². The van der Waals surface area contributed by atoms with Crippen molar-refractivity contribution in [1.82, 2.24) is 15.2 Å². The maximum absolute atomic E-state index is 4.66. The second-order valence-electron chi connectivity index (χ2n) is 5.23. The minimum atomic E-state index is 0.616. The normalized spacial score (nSPS) is 16.1. The summed E-state index contributed by atoms with van der Waals surface area (Å²) in [5.41, 5.74) is 1.23. The Morgan fingerprint density at radius 2 is 2.29 bits per heavy atom. The van der Waals surface area contributed by atoms with Gasteiger partial charge in [-0.15, -0.1) is 11.3 Å². The smallest absolute Gasteiger partial charge is 0.107 e. The molecule has 0 saturated heterocycles. The second kappa shape index (κ2) is 5.94. The van der Waals surface area contributed by atoms with E-state index in [1.807, 2.05) is 7.05 Å². The van der Waals surface area contributed by atoms with Crippen molar-refractivity contribution in [2.45, 2.75) is 45.8 Å². The molecule has 1 saturated carbocycles. The highest BCUT2D eigenvalue weighted by Crippen LogP contribution is 2.30. The summed E-state index contributed by atoms with van der Waals surface area (Å²) in [5.74, 6) is 0.952. The molecule has 96 valence electrons. The number of nitrogens with one attached hydrogen (secondary N) is 1. The van der Waals surface area contributed by atoms with Crippen LogP contribution in [0.4, 0.5) is 0 Å². The van der Waals surface area contributed by atoms with Gasteiger partial charge in [0.25, 0.3) is 0 Å². The number of nitrogens with zero attached hydrogens (tertiary/aromatic N) is 2. The monoisotopic (exact) mass is 253 g/mol. The van der Waals surface area contributed by atoms with Gasteiger partial charge in [0.05, 0.1) is 5.69 Å². The number of rotatable bonds is 7. The fourth-order valence-electron chi connectivity index (χ4n) is 1.95. The molecule has 1 aliphatic carbocycles. The lowest BCUT2D eigenvalue weighted by molar-refractivity contribution is 0.201. The molecule has 1 aliphatic rings. The number of hydrogen-bond acceptors (Lipinski definition) is 4. The van der Waals surface area contributed by atoms with Gasteiger partial charge in [-0.05, 0) is 39.7 Å². The molecule has 0 bridgehead atoms. The Bertz CT molecular complexity index is 344. The molecule has 0 aromatic carbocycles. The number of hydrogen-bond donors (Lipinski definition) is 1. The van der Waals surface area contributed by atoms with Gasteiger partial charge in [0.2, 0.25) is 0 Å². The highest BCUT2D eigenvalue weighted by atomic mass is 32.1. The van der Waals surface area contributed by atoms with Crippen LogP contribution in [0.15, 0.2) is 5.38 Å². The van der Waals surface area contributed by atoms with E-state index in [2.05, 4.69) is 34.4 Å². The van der Waals surface area contributed by atoms with E-state index in [1.165, 1.54) is 30.1 Å². The van der Waals surface area contributed by atoms with Gasteiger partial charge in [0, 0.05) is 31.1 Å². The Kier molecular flexibility index (Phi) is 4.54. The minimum Gasteiger partial charge on any atom is -0.314 e. The van der Waals surface area contributed by atoms with E-state index >= 15 is 0 Å². The van der Waals surface area contributed by atoms with Crippen molar-refractivity contribution in [1.29, 1.82) is 0 Å². The fourth-order valence-corrected chi connectivity index (χ4v) is 2.75. The second-order valence-corrected chi connectivity index (χ2v) is 6.17. The van der Waals surface area contributed by atoms with Crippen LogP contribution < -0.4 is 5.32 Å². The molecule has 1 heterocycles. The zero-order valence-corrected chi connectivity index (χ0v) is 11.9. The Morgan fingerprint density at radius 3 is 2.88 bits per heavy atom. The van der Waals surface area contributed by atoms with Crippen molar-refractivity contribution >= 4 is 11.3 Å². The Morgan fingerprint density at radius 1 is 1.53 bits per heavy atom. The first kappa shape index (κ1) is 13.0. The van der Waals surface area contributed by atoms with Gasteiger partial charge in [-0.2, -0.15) is 0 Å². The number of thiazole rings is 1. The summed E-state index contributed by atoms with van der Waals surface area (Å²) in [5, 5.41) is 6.55. The summed E-state index contributed by atoms with van der Waals surface area (Å²) in [6, 6.07) is 0.616. The zero-order valence-electron chi connectivity index (χ0n) is 11.1. The van der Waals surface area contributed by atoms with Crippen molar-refractivity contribution < 1.29 is 0 Å². The maximum atomic E-state index is 4.66.